The normalized spacial score (nSPS) is 10.9. The lowest BCUT2D eigenvalue weighted by molar-refractivity contribution is 0.415. The molecule has 0 spiro atoms. The molecule has 0 atom stereocenters. The second-order valence-electron chi connectivity index (χ2n) is 4.94. The first-order valence-electron chi connectivity index (χ1n) is 6.46. The molecular formula is C16H16N2OS. The molecule has 0 aliphatic carbocycles. The number of benzene rings is 2. The van der Waals surface area contributed by atoms with E-state index in [0.29, 0.717) is 4.77 Å². The monoisotopic (exact) mass is 284 g/mol. The Morgan fingerprint density at radius 2 is 1.90 bits per heavy atom. The lowest BCUT2D eigenvalue weighted by Crippen LogP contribution is -1.97. The number of methoxy groups -OCH3 is 1. The van der Waals surface area contributed by atoms with Crippen molar-refractivity contribution < 1.29 is 4.74 Å². The van der Waals surface area contributed by atoms with E-state index >= 15 is 0 Å². The van der Waals surface area contributed by atoms with Gasteiger partial charge in [0.15, 0.2) is 4.77 Å². The zero-order valence-corrected chi connectivity index (χ0v) is 12.5. The molecule has 0 unspecified atom stereocenters. The molecule has 2 aromatic carbocycles. The van der Waals surface area contributed by atoms with E-state index in [-0.39, 0.29) is 0 Å². The quantitative estimate of drug-likeness (QED) is 0.710. The van der Waals surface area contributed by atoms with Gasteiger partial charge >= 0.3 is 0 Å². The molecule has 0 saturated carbocycles. The topological polar surface area (TPSA) is 29.9 Å². The molecule has 20 heavy (non-hydrogen) atoms. The van der Waals surface area contributed by atoms with Gasteiger partial charge in [0.05, 0.1) is 23.8 Å². The lowest BCUT2D eigenvalue weighted by Gasteiger charge is -2.09. The van der Waals surface area contributed by atoms with Crippen molar-refractivity contribution in [3.05, 3.63) is 52.3 Å². The molecule has 0 saturated heterocycles. The molecule has 3 aromatic rings. The van der Waals surface area contributed by atoms with Crippen LogP contribution in [0.25, 0.3) is 16.7 Å². The summed E-state index contributed by atoms with van der Waals surface area (Å²) in [6.07, 6.45) is 0. The van der Waals surface area contributed by atoms with Crippen LogP contribution in [0.5, 0.6) is 5.75 Å². The molecule has 1 aromatic heterocycles. The number of imidazole rings is 1. The third kappa shape index (κ3) is 2.02. The van der Waals surface area contributed by atoms with Crippen molar-refractivity contribution in [2.75, 3.05) is 7.11 Å². The summed E-state index contributed by atoms with van der Waals surface area (Å²) in [4.78, 5) is 3.24. The van der Waals surface area contributed by atoms with E-state index in [1.807, 2.05) is 18.2 Å². The van der Waals surface area contributed by atoms with Crippen LogP contribution >= 0.6 is 12.2 Å². The molecule has 3 rings (SSSR count). The van der Waals surface area contributed by atoms with Gasteiger partial charge in [-0.3, -0.25) is 4.57 Å². The van der Waals surface area contributed by atoms with Crippen LogP contribution in [0.3, 0.4) is 0 Å². The zero-order valence-electron chi connectivity index (χ0n) is 11.7. The molecule has 0 bridgehead atoms. The number of aryl methyl sites for hydroxylation is 2. The highest BCUT2D eigenvalue weighted by Crippen LogP contribution is 2.25. The van der Waals surface area contributed by atoms with Gasteiger partial charge in [-0.25, -0.2) is 0 Å². The van der Waals surface area contributed by atoms with Crippen molar-refractivity contribution in [1.82, 2.24) is 9.55 Å². The summed E-state index contributed by atoms with van der Waals surface area (Å²) < 4.78 is 8.02. The Hall–Kier alpha value is -2.07. The Balaban J connectivity index is 2.31. The summed E-state index contributed by atoms with van der Waals surface area (Å²) in [5.74, 6) is 0.821. The number of hydrogen-bond donors (Lipinski definition) is 1. The van der Waals surface area contributed by atoms with E-state index < -0.39 is 0 Å². The Morgan fingerprint density at radius 1 is 1.10 bits per heavy atom. The number of aromatic amines is 1. The first-order valence-corrected chi connectivity index (χ1v) is 6.87. The number of ether oxygens (including phenoxy) is 1. The number of H-pyrrole nitrogens is 1. The fourth-order valence-corrected chi connectivity index (χ4v) is 2.82. The number of nitrogens with one attached hydrogen (secondary N) is 1. The third-order valence-corrected chi connectivity index (χ3v) is 3.77. The van der Waals surface area contributed by atoms with Gasteiger partial charge in [-0.2, -0.15) is 0 Å². The predicted molar refractivity (Wildman–Crippen MR) is 84.5 cm³/mol. The predicted octanol–water partition coefficient (Wildman–Crippen LogP) is 4.31. The molecule has 1 N–H and O–H groups in total. The maximum atomic E-state index is 5.47. The fourth-order valence-electron chi connectivity index (χ4n) is 2.51. The largest absolute Gasteiger partial charge is 0.497 e. The van der Waals surface area contributed by atoms with Gasteiger partial charge in [-0.1, -0.05) is 17.7 Å². The van der Waals surface area contributed by atoms with E-state index in [1.54, 1.807) is 7.11 Å². The van der Waals surface area contributed by atoms with Crippen molar-refractivity contribution >= 4 is 23.3 Å². The maximum Gasteiger partial charge on any atom is 0.182 e. The van der Waals surface area contributed by atoms with Crippen LogP contribution in [0, 0.1) is 18.6 Å². The summed E-state index contributed by atoms with van der Waals surface area (Å²) in [6, 6.07) is 12.3. The van der Waals surface area contributed by atoms with Gasteiger partial charge in [0.2, 0.25) is 0 Å². The summed E-state index contributed by atoms with van der Waals surface area (Å²) in [5.41, 5.74) is 5.60. The highest BCUT2D eigenvalue weighted by atomic mass is 32.1. The second kappa shape index (κ2) is 4.80. The molecule has 3 nitrogen and oxygen atoms in total. The average Bonchev–Trinajstić information content (AvgIpc) is 2.74. The van der Waals surface area contributed by atoms with Crippen LogP contribution in [-0.2, 0) is 0 Å². The molecule has 0 radical (unpaired) electrons. The summed E-state index contributed by atoms with van der Waals surface area (Å²) in [6.45, 7) is 4.20. The highest BCUT2D eigenvalue weighted by Gasteiger charge is 2.09. The average molecular weight is 284 g/mol. The first-order chi connectivity index (χ1) is 9.60. The van der Waals surface area contributed by atoms with Crippen LogP contribution in [0.4, 0.5) is 0 Å². The van der Waals surface area contributed by atoms with Crippen molar-refractivity contribution in [1.29, 1.82) is 0 Å². The van der Waals surface area contributed by atoms with Crippen molar-refractivity contribution in [2.24, 2.45) is 0 Å². The minimum atomic E-state index is 0.695. The summed E-state index contributed by atoms with van der Waals surface area (Å²) in [5, 5.41) is 0. The molecular weight excluding hydrogens is 268 g/mol. The highest BCUT2D eigenvalue weighted by molar-refractivity contribution is 7.71. The van der Waals surface area contributed by atoms with Crippen LogP contribution in [0.15, 0.2) is 36.4 Å². The lowest BCUT2D eigenvalue weighted by atomic mass is 10.1. The van der Waals surface area contributed by atoms with Crippen LogP contribution in [0.1, 0.15) is 11.1 Å². The van der Waals surface area contributed by atoms with E-state index in [4.69, 9.17) is 17.0 Å². The fraction of sp³-hybridized carbons (Fsp3) is 0.188. The molecule has 102 valence electrons. The van der Waals surface area contributed by atoms with Gasteiger partial charge in [-0.05, 0) is 49.8 Å². The van der Waals surface area contributed by atoms with Gasteiger partial charge in [-0.15, -0.1) is 0 Å². The SMILES string of the molecule is COc1ccc2c(c1)[nH]c(=S)n2-c1ccc(C)cc1C. The molecule has 1 heterocycles. The van der Waals surface area contributed by atoms with Gasteiger partial charge < -0.3 is 9.72 Å². The Morgan fingerprint density at radius 3 is 2.60 bits per heavy atom. The smallest absolute Gasteiger partial charge is 0.182 e. The number of fused-ring (bicyclic) bond motifs is 1. The Bertz CT molecular complexity index is 845. The number of nitrogens with zero attached hydrogens (tertiary/aromatic N) is 1. The van der Waals surface area contributed by atoms with E-state index in [1.165, 1.54) is 11.1 Å². The summed E-state index contributed by atoms with van der Waals surface area (Å²) in [7, 11) is 1.66. The Kier molecular flexibility index (Phi) is 3.10. The van der Waals surface area contributed by atoms with E-state index in [9.17, 15) is 0 Å². The van der Waals surface area contributed by atoms with Crippen molar-refractivity contribution in [3.8, 4) is 11.4 Å². The molecule has 4 heteroatoms. The minimum Gasteiger partial charge on any atom is -0.497 e. The maximum absolute atomic E-state index is 5.47. The molecule has 0 fully saturated rings. The standard InChI is InChI=1S/C16H16N2OS/c1-10-4-6-14(11(2)8-10)18-15-7-5-12(19-3)9-13(15)17-16(18)20/h4-9H,1-3H3,(H,17,20). The zero-order chi connectivity index (χ0) is 14.3. The second-order valence-corrected chi connectivity index (χ2v) is 5.33. The van der Waals surface area contributed by atoms with Crippen LogP contribution in [0.2, 0.25) is 0 Å². The Labute approximate surface area is 122 Å². The molecule has 0 amide bonds. The van der Waals surface area contributed by atoms with Crippen LogP contribution in [-0.4, -0.2) is 16.7 Å². The molecule has 0 aliphatic heterocycles. The number of rotatable bonds is 2. The van der Waals surface area contributed by atoms with E-state index in [0.717, 1.165) is 22.5 Å². The minimum absolute atomic E-state index is 0.695. The summed E-state index contributed by atoms with van der Waals surface area (Å²) >= 11 is 5.47. The van der Waals surface area contributed by atoms with Gasteiger partial charge in [0.25, 0.3) is 0 Å². The number of hydrogen-bond acceptors (Lipinski definition) is 2. The van der Waals surface area contributed by atoms with Gasteiger partial charge in [0.1, 0.15) is 5.75 Å². The van der Waals surface area contributed by atoms with Crippen molar-refractivity contribution in [3.63, 3.8) is 0 Å². The van der Waals surface area contributed by atoms with Crippen LogP contribution < -0.4 is 4.74 Å². The number of aromatic nitrogens is 2. The van der Waals surface area contributed by atoms with E-state index in [2.05, 4.69) is 41.6 Å². The third-order valence-electron chi connectivity index (χ3n) is 3.48. The first kappa shape index (κ1) is 12.9. The van der Waals surface area contributed by atoms with Crippen molar-refractivity contribution in [2.45, 2.75) is 13.8 Å². The van der Waals surface area contributed by atoms with Gasteiger partial charge in [0, 0.05) is 6.07 Å². The molecule has 0 aliphatic rings.